The van der Waals surface area contributed by atoms with Gasteiger partial charge in [-0.25, -0.2) is 4.98 Å². The van der Waals surface area contributed by atoms with Gasteiger partial charge in [0.15, 0.2) is 0 Å². The van der Waals surface area contributed by atoms with Gasteiger partial charge < -0.3 is 15.3 Å². The van der Waals surface area contributed by atoms with Crippen molar-refractivity contribution in [3.8, 4) is 0 Å². The molecule has 0 aliphatic rings. The lowest BCUT2D eigenvalue weighted by atomic mass is 10.1. The summed E-state index contributed by atoms with van der Waals surface area (Å²) in [6.07, 6.45) is 3.99. The Morgan fingerprint density at radius 2 is 2.16 bits per heavy atom. The van der Waals surface area contributed by atoms with E-state index in [9.17, 15) is 9.90 Å². The molecule has 106 valence electrons. The number of anilines is 1. The summed E-state index contributed by atoms with van der Waals surface area (Å²) in [6.45, 7) is 6.38. The number of hydrogen-bond donors (Lipinski definition) is 2. The smallest absolute Gasteiger partial charge is 0.273 e. The van der Waals surface area contributed by atoms with Crippen LogP contribution < -0.4 is 5.32 Å². The number of aromatic nitrogens is 2. The molecule has 0 aliphatic heterocycles. The maximum Gasteiger partial charge on any atom is 0.273 e. The minimum absolute atomic E-state index is 0.236. The second-order valence-corrected chi connectivity index (χ2v) is 5.19. The Balaban J connectivity index is 2.76. The fourth-order valence-electron chi connectivity index (χ4n) is 1.66. The monoisotopic (exact) mass is 266 g/mol. The van der Waals surface area contributed by atoms with Crippen molar-refractivity contribution in [2.24, 2.45) is 0 Å². The van der Waals surface area contributed by atoms with E-state index in [4.69, 9.17) is 0 Å². The third-order valence-corrected chi connectivity index (χ3v) is 2.38. The van der Waals surface area contributed by atoms with Crippen LogP contribution in [-0.4, -0.2) is 51.6 Å². The van der Waals surface area contributed by atoms with E-state index in [1.165, 1.54) is 11.1 Å². The summed E-state index contributed by atoms with van der Waals surface area (Å²) in [5, 5.41) is 12.8. The Kier molecular flexibility index (Phi) is 5.23. The van der Waals surface area contributed by atoms with E-state index in [0.717, 1.165) is 13.0 Å². The van der Waals surface area contributed by atoms with Gasteiger partial charge in [0, 0.05) is 20.1 Å². The molecule has 0 saturated heterocycles. The third-order valence-electron chi connectivity index (χ3n) is 2.38. The molecule has 0 aromatic carbocycles. The SMILES string of the molecule is CCCNc1cncc(C(=O)N(C)CC(C)(C)O)n1. The van der Waals surface area contributed by atoms with Gasteiger partial charge >= 0.3 is 0 Å². The summed E-state index contributed by atoms with van der Waals surface area (Å²) < 4.78 is 0. The van der Waals surface area contributed by atoms with Crippen molar-refractivity contribution in [1.29, 1.82) is 0 Å². The molecule has 1 amide bonds. The first-order chi connectivity index (χ1) is 8.83. The second-order valence-electron chi connectivity index (χ2n) is 5.19. The molecule has 0 aliphatic carbocycles. The molecule has 1 aromatic rings. The highest BCUT2D eigenvalue weighted by Gasteiger charge is 2.21. The predicted molar refractivity (Wildman–Crippen MR) is 74.1 cm³/mol. The van der Waals surface area contributed by atoms with Gasteiger partial charge in [-0.3, -0.25) is 9.78 Å². The van der Waals surface area contributed by atoms with E-state index in [1.54, 1.807) is 27.1 Å². The normalized spacial score (nSPS) is 11.2. The Bertz CT molecular complexity index is 429. The molecule has 0 fully saturated rings. The quantitative estimate of drug-likeness (QED) is 0.807. The number of rotatable bonds is 6. The van der Waals surface area contributed by atoms with Gasteiger partial charge in [-0.1, -0.05) is 6.92 Å². The van der Waals surface area contributed by atoms with Gasteiger partial charge in [-0.15, -0.1) is 0 Å². The molecule has 2 N–H and O–H groups in total. The lowest BCUT2D eigenvalue weighted by Gasteiger charge is -2.25. The predicted octanol–water partition coefficient (Wildman–Crippen LogP) is 1.14. The number of nitrogens with one attached hydrogen (secondary N) is 1. The number of nitrogens with zero attached hydrogens (tertiary/aromatic N) is 3. The van der Waals surface area contributed by atoms with Crippen molar-refractivity contribution < 1.29 is 9.90 Å². The van der Waals surface area contributed by atoms with Crippen LogP contribution in [0.15, 0.2) is 12.4 Å². The number of amides is 1. The van der Waals surface area contributed by atoms with Crippen molar-refractivity contribution in [2.75, 3.05) is 25.5 Å². The largest absolute Gasteiger partial charge is 0.389 e. The average molecular weight is 266 g/mol. The van der Waals surface area contributed by atoms with Crippen molar-refractivity contribution in [1.82, 2.24) is 14.9 Å². The summed E-state index contributed by atoms with van der Waals surface area (Å²) in [4.78, 5) is 21.8. The fourth-order valence-corrected chi connectivity index (χ4v) is 1.66. The molecule has 1 rings (SSSR count). The van der Waals surface area contributed by atoms with Crippen molar-refractivity contribution in [3.63, 3.8) is 0 Å². The minimum Gasteiger partial charge on any atom is -0.389 e. The van der Waals surface area contributed by atoms with Crippen LogP contribution in [0.3, 0.4) is 0 Å². The number of carbonyl (C=O) groups excluding carboxylic acids is 1. The van der Waals surface area contributed by atoms with Crippen LogP contribution in [-0.2, 0) is 0 Å². The molecule has 0 atom stereocenters. The zero-order chi connectivity index (χ0) is 14.5. The van der Waals surface area contributed by atoms with Crippen LogP contribution >= 0.6 is 0 Å². The van der Waals surface area contributed by atoms with Crippen LogP contribution in [0.2, 0.25) is 0 Å². The highest BCUT2D eigenvalue weighted by molar-refractivity contribution is 5.92. The summed E-state index contributed by atoms with van der Waals surface area (Å²) in [7, 11) is 1.63. The molecular formula is C13H22N4O2. The van der Waals surface area contributed by atoms with Crippen LogP contribution in [0.5, 0.6) is 0 Å². The first-order valence-corrected chi connectivity index (χ1v) is 6.37. The molecule has 0 radical (unpaired) electrons. The lowest BCUT2D eigenvalue weighted by molar-refractivity contribution is 0.0364. The molecule has 6 heteroatoms. The molecule has 1 heterocycles. The van der Waals surface area contributed by atoms with Crippen LogP contribution in [0.4, 0.5) is 5.82 Å². The molecule has 1 aromatic heterocycles. The second kappa shape index (κ2) is 6.47. The van der Waals surface area contributed by atoms with E-state index >= 15 is 0 Å². The molecular weight excluding hydrogens is 244 g/mol. The number of likely N-dealkylation sites (N-methyl/N-ethyl adjacent to an activating group) is 1. The van der Waals surface area contributed by atoms with E-state index in [0.29, 0.717) is 5.82 Å². The summed E-state index contributed by atoms with van der Waals surface area (Å²) in [6, 6.07) is 0. The minimum atomic E-state index is -0.935. The molecule has 19 heavy (non-hydrogen) atoms. The average Bonchev–Trinajstić information content (AvgIpc) is 2.33. The van der Waals surface area contributed by atoms with Crippen molar-refractivity contribution >= 4 is 11.7 Å². The summed E-state index contributed by atoms with van der Waals surface area (Å²) >= 11 is 0. The zero-order valence-electron chi connectivity index (χ0n) is 12.0. The van der Waals surface area contributed by atoms with Crippen LogP contribution in [0.25, 0.3) is 0 Å². The summed E-state index contributed by atoms with van der Waals surface area (Å²) in [5.41, 5.74) is -0.663. The Morgan fingerprint density at radius 1 is 1.47 bits per heavy atom. The van der Waals surface area contributed by atoms with Gasteiger partial charge in [-0.2, -0.15) is 0 Å². The van der Waals surface area contributed by atoms with Crippen molar-refractivity contribution in [2.45, 2.75) is 32.8 Å². The first kappa shape index (κ1) is 15.4. The highest BCUT2D eigenvalue weighted by Crippen LogP contribution is 2.08. The van der Waals surface area contributed by atoms with E-state index in [1.807, 2.05) is 6.92 Å². The van der Waals surface area contributed by atoms with E-state index in [-0.39, 0.29) is 18.1 Å². The third kappa shape index (κ3) is 5.21. The molecule has 0 unspecified atom stereocenters. The first-order valence-electron chi connectivity index (χ1n) is 6.37. The topological polar surface area (TPSA) is 78.4 Å². The molecule has 0 spiro atoms. The van der Waals surface area contributed by atoms with Crippen LogP contribution in [0.1, 0.15) is 37.7 Å². The standard InChI is InChI=1S/C13H22N4O2/c1-5-6-15-11-8-14-7-10(16-11)12(18)17(4)9-13(2,3)19/h7-8,19H,5-6,9H2,1-4H3,(H,15,16). The Morgan fingerprint density at radius 3 is 2.74 bits per heavy atom. The van der Waals surface area contributed by atoms with Gasteiger partial charge in [0.1, 0.15) is 11.5 Å². The maximum atomic E-state index is 12.1. The molecule has 0 bridgehead atoms. The number of aliphatic hydroxyl groups is 1. The summed E-state index contributed by atoms with van der Waals surface area (Å²) in [5.74, 6) is 0.333. The van der Waals surface area contributed by atoms with Crippen molar-refractivity contribution in [3.05, 3.63) is 18.1 Å². The number of carbonyl (C=O) groups is 1. The Hall–Kier alpha value is -1.69. The lowest BCUT2D eigenvalue weighted by Crippen LogP contribution is -2.40. The molecule has 0 saturated carbocycles. The van der Waals surface area contributed by atoms with E-state index in [2.05, 4.69) is 15.3 Å². The van der Waals surface area contributed by atoms with Gasteiger partial charge in [0.25, 0.3) is 5.91 Å². The number of hydrogen-bond acceptors (Lipinski definition) is 5. The fraction of sp³-hybridized carbons (Fsp3) is 0.615. The zero-order valence-corrected chi connectivity index (χ0v) is 12.0. The molecule has 6 nitrogen and oxygen atoms in total. The maximum absolute atomic E-state index is 12.1. The van der Waals surface area contributed by atoms with Gasteiger partial charge in [0.05, 0.1) is 18.0 Å². The van der Waals surface area contributed by atoms with Gasteiger partial charge in [-0.05, 0) is 20.3 Å². The van der Waals surface area contributed by atoms with Crippen LogP contribution in [0, 0.1) is 0 Å². The highest BCUT2D eigenvalue weighted by atomic mass is 16.3. The van der Waals surface area contributed by atoms with Gasteiger partial charge in [0.2, 0.25) is 0 Å². The Labute approximate surface area is 113 Å². The van der Waals surface area contributed by atoms with E-state index < -0.39 is 5.60 Å².